The van der Waals surface area contributed by atoms with Crippen molar-refractivity contribution in [2.75, 3.05) is 13.7 Å². The Kier molecular flexibility index (Phi) is 6.33. The van der Waals surface area contributed by atoms with E-state index in [0.29, 0.717) is 24.2 Å². The fourth-order valence-corrected chi connectivity index (χ4v) is 3.62. The number of halogens is 3. The zero-order chi connectivity index (χ0) is 22.0. The molecule has 0 fully saturated rings. The minimum atomic E-state index is -1.62. The standard InChI is InChI=1S/C20H23F3N4O3/c1-10(2)8-14(19(28)30-3)26-20(29)27-7-6-13-17(25-9-24-13)18(27)11-4-5-12(21)16(23)15(11)22/h4-5,9-10,14,18H,6-8H2,1-3H3,(H,24,25)(H,26,29)/t14-,18?/m1/s1. The van der Waals surface area contributed by atoms with E-state index in [1.54, 1.807) is 0 Å². The summed E-state index contributed by atoms with van der Waals surface area (Å²) in [5.74, 6) is -4.85. The Morgan fingerprint density at radius 1 is 1.30 bits per heavy atom. The predicted octanol–water partition coefficient (Wildman–Crippen LogP) is 3.07. The molecule has 1 aromatic carbocycles. The number of benzene rings is 1. The maximum atomic E-state index is 14.6. The number of carbonyl (C=O) groups is 2. The number of rotatable bonds is 5. The van der Waals surface area contributed by atoms with Crippen molar-refractivity contribution >= 4 is 12.0 Å². The van der Waals surface area contributed by atoms with Gasteiger partial charge in [-0.25, -0.2) is 27.7 Å². The van der Waals surface area contributed by atoms with Crippen LogP contribution in [-0.4, -0.2) is 46.6 Å². The second-order valence-electron chi connectivity index (χ2n) is 7.53. The van der Waals surface area contributed by atoms with Gasteiger partial charge < -0.3 is 19.9 Å². The molecule has 2 amide bonds. The number of amides is 2. The van der Waals surface area contributed by atoms with E-state index < -0.39 is 41.5 Å². The lowest BCUT2D eigenvalue weighted by Gasteiger charge is -2.36. The molecule has 162 valence electrons. The second kappa shape index (κ2) is 8.76. The highest BCUT2D eigenvalue weighted by Crippen LogP contribution is 2.35. The molecule has 30 heavy (non-hydrogen) atoms. The number of ether oxygens (including phenoxy) is 1. The molecule has 2 heterocycles. The van der Waals surface area contributed by atoms with Gasteiger partial charge >= 0.3 is 12.0 Å². The number of hydrogen-bond acceptors (Lipinski definition) is 4. The van der Waals surface area contributed by atoms with Crippen LogP contribution in [0.2, 0.25) is 0 Å². The number of nitrogens with one attached hydrogen (secondary N) is 2. The number of urea groups is 1. The van der Waals surface area contributed by atoms with Crippen LogP contribution in [0.25, 0.3) is 0 Å². The van der Waals surface area contributed by atoms with Gasteiger partial charge in [-0.2, -0.15) is 0 Å². The molecule has 0 saturated heterocycles. The van der Waals surface area contributed by atoms with Gasteiger partial charge in [-0.3, -0.25) is 0 Å². The minimum absolute atomic E-state index is 0.0909. The van der Waals surface area contributed by atoms with E-state index in [4.69, 9.17) is 4.74 Å². The summed E-state index contributed by atoms with van der Waals surface area (Å²) in [6.45, 7) is 3.93. The Morgan fingerprint density at radius 3 is 2.70 bits per heavy atom. The number of aromatic amines is 1. The summed E-state index contributed by atoms with van der Waals surface area (Å²) in [5, 5.41) is 2.62. The Morgan fingerprint density at radius 2 is 2.03 bits per heavy atom. The first-order valence-corrected chi connectivity index (χ1v) is 9.55. The largest absolute Gasteiger partial charge is 0.467 e. The van der Waals surface area contributed by atoms with Gasteiger partial charge in [0.05, 0.1) is 19.1 Å². The lowest BCUT2D eigenvalue weighted by atomic mass is 9.95. The first-order valence-electron chi connectivity index (χ1n) is 9.55. The highest BCUT2D eigenvalue weighted by Gasteiger charge is 2.38. The van der Waals surface area contributed by atoms with Crippen LogP contribution >= 0.6 is 0 Å². The Bertz CT molecular complexity index is 947. The topological polar surface area (TPSA) is 87.3 Å². The molecule has 1 aliphatic heterocycles. The quantitative estimate of drug-likeness (QED) is 0.571. The van der Waals surface area contributed by atoms with Crippen molar-refractivity contribution in [2.24, 2.45) is 5.92 Å². The van der Waals surface area contributed by atoms with E-state index in [0.717, 1.165) is 12.1 Å². The Hall–Kier alpha value is -3.04. The fraction of sp³-hybridized carbons (Fsp3) is 0.450. The molecule has 2 N–H and O–H groups in total. The predicted molar refractivity (Wildman–Crippen MR) is 101 cm³/mol. The molecule has 2 atom stereocenters. The van der Waals surface area contributed by atoms with Gasteiger partial charge in [-0.1, -0.05) is 19.9 Å². The first-order chi connectivity index (χ1) is 14.2. The van der Waals surface area contributed by atoms with Crippen molar-refractivity contribution in [1.82, 2.24) is 20.2 Å². The molecule has 7 nitrogen and oxygen atoms in total. The zero-order valence-electron chi connectivity index (χ0n) is 16.8. The maximum Gasteiger partial charge on any atom is 0.328 e. The monoisotopic (exact) mass is 424 g/mol. The average molecular weight is 424 g/mol. The van der Waals surface area contributed by atoms with Gasteiger partial charge in [0.2, 0.25) is 0 Å². The van der Waals surface area contributed by atoms with Crippen LogP contribution in [0.5, 0.6) is 0 Å². The number of methoxy groups -OCH3 is 1. The zero-order valence-corrected chi connectivity index (χ0v) is 16.8. The number of carbonyl (C=O) groups excluding carboxylic acids is 2. The van der Waals surface area contributed by atoms with Crippen molar-refractivity contribution in [3.8, 4) is 0 Å². The first kappa shape index (κ1) is 21.7. The molecule has 0 radical (unpaired) electrons. The van der Waals surface area contributed by atoms with Crippen LogP contribution in [0.3, 0.4) is 0 Å². The van der Waals surface area contributed by atoms with Crippen LogP contribution in [-0.2, 0) is 16.0 Å². The summed E-state index contributed by atoms with van der Waals surface area (Å²) in [6, 6.07) is -0.755. The molecule has 0 bridgehead atoms. The smallest absolute Gasteiger partial charge is 0.328 e. The summed E-state index contributed by atoms with van der Waals surface area (Å²) in [5.41, 5.74) is 0.773. The molecule has 10 heteroatoms. The summed E-state index contributed by atoms with van der Waals surface area (Å²) in [7, 11) is 1.22. The number of fused-ring (bicyclic) bond motifs is 1. The van der Waals surface area contributed by atoms with Crippen molar-refractivity contribution in [3.63, 3.8) is 0 Å². The van der Waals surface area contributed by atoms with Crippen molar-refractivity contribution in [1.29, 1.82) is 0 Å². The van der Waals surface area contributed by atoms with E-state index in [1.165, 1.54) is 18.3 Å². The summed E-state index contributed by atoms with van der Waals surface area (Å²) in [4.78, 5) is 33.5. The normalized spacial score (nSPS) is 16.9. The van der Waals surface area contributed by atoms with E-state index in [-0.39, 0.29) is 18.0 Å². The van der Waals surface area contributed by atoms with Gasteiger partial charge in [0, 0.05) is 24.2 Å². The molecular weight excluding hydrogens is 401 g/mol. The van der Waals surface area contributed by atoms with Gasteiger partial charge in [0.15, 0.2) is 17.5 Å². The molecule has 1 aromatic heterocycles. The molecule has 0 aliphatic carbocycles. The lowest BCUT2D eigenvalue weighted by Crippen LogP contribution is -2.52. The summed E-state index contributed by atoms with van der Waals surface area (Å²) >= 11 is 0. The van der Waals surface area contributed by atoms with E-state index in [1.807, 2.05) is 13.8 Å². The molecule has 3 rings (SSSR count). The Labute approximate surface area is 171 Å². The highest BCUT2D eigenvalue weighted by atomic mass is 19.2. The van der Waals surface area contributed by atoms with E-state index >= 15 is 0 Å². The van der Waals surface area contributed by atoms with Gasteiger partial charge in [0.1, 0.15) is 12.1 Å². The van der Waals surface area contributed by atoms with Crippen LogP contribution in [0.15, 0.2) is 18.5 Å². The summed E-state index contributed by atoms with van der Waals surface area (Å²) in [6.07, 6.45) is 2.13. The molecule has 1 aliphatic rings. The van der Waals surface area contributed by atoms with Crippen molar-refractivity contribution in [3.05, 3.63) is 52.9 Å². The molecule has 0 saturated carbocycles. The lowest BCUT2D eigenvalue weighted by molar-refractivity contribution is -0.143. The fourth-order valence-electron chi connectivity index (χ4n) is 3.62. The number of nitrogens with zero attached hydrogens (tertiary/aromatic N) is 2. The number of imidazole rings is 1. The van der Waals surface area contributed by atoms with Crippen LogP contribution < -0.4 is 5.32 Å². The third-order valence-electron chi connectivity index (χ3n) is 5.04. The van der Waals surface area contributed by atoms with Crippen molar-refractivity contribution in [2.45, 2.75) is 38.8 Å². The molecule has 0 spiro atoms. The number of esters is 1. The van der Waals surface area contributed by atoms with Gasteiger partial charge in [-0.15, -0.1) is 0 Å². The number of H-pyrrole nitrogens is 1. The van der Waals surface area contributed by atoms with Gasteiger partial charge in [-0.05, 0) is 18.4 Å². The maximum absolute atomic E-state index is 14.6. The van der Waals surface area contributed by atoms with Crippen LogP contribution in [0.4, 0.5) is 18.0 Å². The Balaban J connectivity index is 1.97. The van der Waals surface area contributed by atoms with E-state index in [2.05, 4.69) is 15.3 Å². The second-order valence-corrected chi connectivity index (χ2v) is 7.53. The third kappa shape index (κ3) is 4.12. The highest BCUT2D eigenvalue weighted by molar-refractivity contribution is 5.84. The van der Waals surface area contributed by atoms with E-state index in [9.17, 15) is 22.8 Å². The van der Waals surface area contributed by atoms with Gasteiger partial charge in [0.25, 0.3) is 0 Å². The molecule has 1 unspecified atom stereocenters. The third-order valence-corrected chi connectivity index (χ3v) is 5.04. The van der Waals surface area contributed by atoms with Crippen LogP contribution in [0, 0.1) is 23.4 Å². The average Bonchev–Trinajstić information content (AvgIpc) is 3.19. The minimum Gasteiger partial charge on any atom is -0.467 e. The SMILES string of the molecule is COC(=O)[C@@H](CC(C)C)NC(=O)N1CCc2[nH]cnc2C1c1ccc(F)c(F)c1F. The summed E-state index contributed by atoms with van der Waals surface area (Å²) < 4.78 is 46.8. The van der Waals surface area contributed by atoms with Crippen LogP contribution in [0.1, 0.15) is 43.3 Å². The number of aromatic nitrogens is 2. The van der Waals surface area contributed by atoms with Crippen molar-refractivity contribution < 1.29 is 27.5 Å². The number of hydrogen-bond donors (Lipinski definition) is 2. The molecular formula is C20H23F3N4O3. The molecule has 2 aromatic rings.